The van der Waals surface area contributed by atoms with Crippen molar-refractivity contribution in [2.75, 3.05) is 18.8 Å². The van der Waals surface area contributed by atoms with Crippen molar-refractivity contribution in [2.45, 2.75) is 33.1 Å². The second-order valence-electron chi connectivity index (χ2n) is 4.54. The summed E-state index contributed by atoms with van der Waals surface area (Å²) in [6.45, 7) is 4.99. The molecule has 7 heteroatoms. The molecule has 1 rings (SSSR count). The standard InChI is InChI=1S/C14H19F3N2O2/c1-3-5-8-19(4-2)13(20)10-6-7-12(11(18)9-10)21-14(15,16)17/h6-7,9H,3-5,8,18H2,1-2H3. The molecule has 21 heavy (non-hydrogen) atoms. The van der Waals surface area contributed by atoms with E-state index in [1.54, 1.807) is 4.90 Å². The highest BCUT2D eigenvalue weighted by molar-refractivity contribution is 5.95. The number of ether oxygens (including phenoxy) is 1. The van der Waals surface area contributed by atoms with Gasteiger partial charge in [0.1, 0.15) is 0 Å². The van der Waals surface area contributed by atoms with E-state index in [9.17, 15) is 18.0 Å². The van der Waals surface area contributed by atoms with Crippen LogP contribution >= 0.6 is 0 Å². The molecule has 1 aromatic carbocycles. The second kappa shape index (κ2) is 7.19. The van der Waals surface area contributed by atoms with Crippen LogP contribution in [-0.4, -0.2) is 30.3 Å². The fourth-order valence-electron chi connectivity index (χ4n) is 1.83. The Hall–Kier alpha value is -1.92. The fourth-order valence-corrected chi connectivity index (χ4v) is 1.83. The van der Waals surface area contributed by atoms with E-state index in [1.165, 1.54) is 12.1 Å². The molecule has 0 aliphatic rings. The van der Waals surface area contributed by atoms with Gasteiger partial charge in [0.05, 0.1) is 5.69 Å². The van der Waals surface area contributed by atoms with E-state index in [4.69, 9.17) is 5.73 Å². The molecule has 0 aliphatic carbocycles. The maximum absolute atomic E-state index is 12.2. The van der Waals surface area contributed by atoms with Gasteiger partial charge in [0.2, 0.25) is 0 Å². The van der Waals surface area contributed by atoms with Gasteiger partial charge in [-0.2, -0.15) is 0 Å². The summed E-state index contributed by atoms with van der Waals surface area (Å²) in [7, 11) is 0. The van der Waals surface area contributed by atoms with E-state index >= 15 is 0 Å². The Morgan fingerprint density at radius 3 is 2.48 bits per heavy atom. The average molecular weight is 304 g/mol. The molecule has 1 amide bonds. The first-order valence-electron chi connectivity index (χ1n) is 6.73. The molecule has 0 saturated heterocycles. The highest BCUT2D eigenvalue weighted by Crippen LogP contribution is 2.29. The monoisotopic (exact) mass is 304 g/mol. The summed E-state index contributed by atoms with van der Waals surface area (Å²) in [5.41, 5.74) is 5.54. The van der Waals surface area contributed by atoms with Crippen molar-refractivity contribution in [2.24, 2.45) is 0 Å². The van der Waals surface area contributed by atoms with Gasteiger partial charge in [0.15, 0.2) is 5.75 Å². The van der Waals surface area contributed by atoms with E-state index in [2.05, 4.69) is 4.74 Å². The van der Waals surface area contributed by atoms with E-state index in [0.29, 0.717) is 13.1 Å². The summed E-state index contributed by atoms with van der Waals surface area (Å²) in [5, 5.41) is 0. The summed E-state index contributed by atoms with van der Waals surface area (Å²) < 4.78 is 40.2. The Morgan fingerprint density at radius 1 is 1.33 bits per heavy atom. The van der Waals surface area contributed by atoms with E-state index in [-0.39, 0.29) is 17.2 Å². The van der Waals surface area contributed by atoms with Crippen molar-refractivity contribution in [1.82, 2.24) is 4.90 Å². The van der Waals surface area contributed by atoms with Crippen LogP contribution in [0.15, 0.2) is 18.2 Å². The third-order valence-corrected chi connectivity index (χ3v) is 2.93. The molecule has 0 saturated carbocycles. The van der Waals surface area contributed by atoms with Crippen LogP contribution in [0.3, 0.4) is 0 Å². The van der Waals surface area contributed by atoms with Crippen molar-refractivity contribution < 1.29 is 22.7 Å². The summed E-state index contributed by atoms with van der Waals surface area (Å²) in [6.07, 6.45) is -3.00. The number of nitrogens with zero attached hydrogens (tertiary/aromatic N) is 1. The second-order valence-corrected chi connectivity index (χ2v) is 4.54. The minimum absolute atomic E-state index is 0.218. The molecule has 0 bridgehead atoms. The number of nitrogens with two attached hydrogens (primary N) is 1. The van der Waals surface area contributed by atoms with Crippen LogP contribution in [0.25, 0.3) is 0 Å². The van der Waals surface area contributed by atoms with Crippen molar-refractivity contribution in [3.8, 4) is 5.75 Å². The third kappa shape index (κ3) is 5.17. The Labute approximate surface area is 121 Å². The zero-order chi connectivity index (χ0) is 16.0. The first-order chi connectivity index (χ1) is 9.78. The quantitative estimate of drug-likeness (QED) is 0.819. The minimum Gasteiger partial charge on any atom is -0.404 e. The molecule has 2 N–H and O–H groups in total. The van der Waals surface area contributed by atoms with Crippen LogP contribution in [0.5, 0.6) is 5.75 Å². The summed E-state index contributed by atoms with van der Waals surface area (Å²) >= 11 is 0. The predicted molar refractivity (Wildman–Crippen MR) is 74.0 cm³/mol. The van der Waals surface area contributed by atoms with Crippen molar-refractivity contribution in [3.63, 3.8) is 0 Å². The van der Waals surface area contributed by atoms with Gasteiger partial charge in [-0.05, 0) is 31.5 Å². The lowest BCUT2D eigenvalue weighted by Crippen LogP contribution is -2.31. The van der Waals surface area contributed by atoms with Crippen LogP contribution in [-0.2, 0) is 0 Å². The first kappa shape index (κ1) is 17.1. The number of hydrogen-bond acceptors (Lipinski definition) is 3. The number of amides is 1. The summed E-state index contributed by atoms with van der Waals surface area (Å²) in [6, 6.07) is 3.55. The molecule has 0 heterocycles. The van der Waals surface area contributed by atoms with Gasteiger partial charge >= 0.3 is 6.36 Å². The third-order valence-electron chi connectivity index (χ3n) is 2.93. The topological polar surface area (TPSA) is 55.6 Å². The van der Waals surface area contributed by atoms with Crippen LogP contribution in [0, 0.1) is 0 Å². The number of carbonyl (C=O) groups excluding carboxylic acids is 1. The maximum atomic E-state index is 12.2. The van der Waals surface area contributed by atoms with Crippen LogP contribution in [0.1, 0.15) is 37.0 Å². The van der Waals surface area contributed by atoms with Crippen LogP contribution in [0.4, 0.5) is 18.9 Å². The van der Waals surface area contributed by atoms with Gasteiger partial charge in [0, 0.05) is 18.7 Å². The van der Waals surface area contributed by atoms with E-state index in [1.807, 2.05) is 13.8 Å². The Morgan fingerprint density at radius 2 is 2.00 bits per heavy atom. The van der Waals surface area contributed by atoms with Crippen LogP contribution in [0.2, 0.25) is 0 Å². The molecular formula is C14H19F3N2O2. The number of anilines is 1. The zero-order valence-electron chi connectivity index (χ0n) is 12.0. The average Bonchev–Trinajstić information content (AvgIpc) is 2.40. The molecule has 1 aromatic rings. The minimum atomic E-state index is -4.81. The van der Waals surface area contributed by atoms with Crippen molar-refractivity contribution >= 4 is 11.6 Å². The fraction of sp³-hybridized carbons (Fsp3) is 0.500. The molecule has 4 nitrogen and oxygen atoms in total. The van der Waals surface area contributed by atoms with Crippen LogP contribution < -0.4 is 10.5 Å². The van der Waals surface area contributed by atoms with Gasteiger partial charge in [0.25, 0.3) is 5.91 Å². The Kier molecular flexibility index (Phi) is 5.87. The molecule has 0 atom stereocenters. The Balaban J connectivity index is 2.89. The number of nitrogen functional groups attached to an aromatic ring is 1. The highest BCUT2D eigenvalue weighted by Gasteiger charge is 2.32. The number of halogens is 3. The number of benzene rings is 1. The highest BCUT2D eigenvalue weighted by atomic mass is 19.4. The Bertz CT molecular complexity index is 490. The smallest absolute Gasteiger partial charge is 0.404 e. The lowest BCUT2D eigenvalue weighted by molar-refractivity contribution is -0.274. The predicted octanol–water partition coefficient (Wildman–Crippen LogP) is 3.43. The summed E-state index contributed by atoms with van der Waals surface area (Å²) in [5.74, 6) is -0.758. The molecule has 0 spiro atoms. The normalized spacial score (nSPS) is 11.3. The van der Waals surface area contributed by atoms with E-state index < -0.39 is 12.1 Å². The number of carbonyl (C=O) groups is 1. The lowest BCUT2D eigenvalue weighted by Gasteiger charge is -2.21. The molecular weight excluding hydrogens is 285 g/mol. The molecule has 0 aliphatic heterocycles. The largest absolute Gasteiger partial charge is 0.573 e. The number of rotatable bonds is 6. The molecule has 0 unspecified atom stereocenters. The number of unbranched alkanes of at least 4 members (excludes halogenated alkanes) is 1. The molecule has 0 aromatic heterocycles. The molecule has 118 valence electrons. The summed E-state index contributed by atoms with van der Waals surface area (Å²) in [4.78, 5) is 13.9. The zero-order valence-corrected chi connectivity index (χ0v) is 12.0. The lowest BCUT2D eigenvalue weighted by atomic mass is 10.1. The first-order valence-corrected chi connectivity index (χ1v) is 6.73. The van der Waals surface area contributed by atoms with Gasteiger partial charge in [-0.15, -0.1) is 13.2 Å². The molecule has 0 fully saturated rings. The number of alkyl halides is 3. The SMILES string of the molecule is CCCCN(CC)C(=O)c1ccc(OC(F)(F)F)c(N)c1. The van der Waals surface area contributed by atoms with Gasteiger partial charge < -0.3 is 15.4 Å². The van der Waals surface area contributed by atoms with Gasteiger partial charge in [-0.25, -0.2) is 0 Å². The van der Waals surface area contributed by atoms with Crippen molar-refractivity contribution in [1.29, 1.82) is 0 Å². The maximum Gasteiger partial charge on any atom is 0.573 e. The van der Waals surface area contributed by atoms with Crippen molar-refractivity contribution in [3.05, 3.63) is 23.8 Å². The molecule has 0 radical (unpaired) electrons. The number of hydrogen-bond donors (Lipinski definition) is 1. The van der Waals surface area contributed by atoms with E-state index in [0.717, 1.165) is 18.9 Å². The van der Waals surface area contributed by atoms with Gasteiger partial charge in [-0.1, -0.05) is 13.3 Å². The van der Waals surface area contributed by atoms with Gasteiger partial charge in [-0.3, -0.25) is 4.79 Å².